The van der Waals surface area contributed by atoms with Crippen molar-refractivity contribution in [3.05, 3.63) is 41.3 Å². The Morgan fingerprint density at radius 2 is 2.05 bits per heavy atom. The minimum absolute atomic E-state index is 0.0869. The molecule has 0 amide bonds. The van der Waals surface area contributed by atoms with Crippen LogP contribution in [0.1, 0.15) is 18.1 Å². The van der Waals surface area contributed by atoms with E-state index in [4.69, 9.17) is 4.74 Å². The number of hydrogen-bond acceptors (Lipinski definition) is 5. The van der Waals surface area contributed by atoms with Gasteiger partial charge in [-0.25, -0.2) is 9.37 Å². The molecule has 0 radical (unpaired) electrons. The van der Waals surface area contributed by atoms with Gasteiger partial charge in [-0.05, 0) is 38.0 Å². The van der Waals surface area contributed by atoms with Crippen molar-refractivity contribution in [2.24, 2.45) is 10.2 Å². The Balaban J connectivity index is 2.30. The average Bonchev–Trinajstić information content (AvgIpc) is 2.43. The van der Waals surface area contributed by atoms with Crippen LogP contribution in [0.4, 0.5) is 15.9 Å². The molecule has 0 saturated carbocycles. The Bertz CT molecular complexity index is 643. The van der Waals surface area contributed by atoms with Crippen LogP contribution in [0.5, 0.6) is 6.01 Å². The standard InChI is InChI=1S/C14H15FN4O/c1-4-20-14-16-8-11(15)13(17-14)19-18-12-7-9(2)5-6-10(12)3/h5-8H,4H2,1-3H3. The van der Waals surface area contributed by atoms with Crippen molar-refractivity contribution in [1.82, 2.24) is 9.97 Å². The molecule has 0 aliphatic heterocycles. The number of azo groups is 1. The summed E-state index contributed by atoms with van der Waals surface area (Å²) in [6.07, 6.45) is 1.02. The maximum Gasteiger partial charge on any atom is 0.318 e. The maximum atomic E-state index is 13.6. The molecule has 1 heterocycles. The monoisotopic (exact) mass is 274 g/mol. The first-order valence-corrected chi connectivity index (χ1v) is 6.24. The van der Waals surface area contributed by atoms with Gasteiger partial charge in [-0.2, -0.15) is 4.98 Å². The number of hydrogen-bond donors (Lipinski definition) is 0. The first-order valence-electron chi connectivity index (χ1n) is 6.24. The van der Waals surface area contributed by atoms with Crippen LogP contribution < -0.4 is 4.74 Å². The fourth-order valence-corrected chi connectivity index (χ4v) is 1.54. The summed E-state index contributed by atoms with van der Waals surface area (Å²) in [4.78, 5) is 7.57. The summed E-state index contributed by atoms with van der Waals surface area (Å²) in [6, 6.07) is 5.88. The third-order valence-electron chi connectivity index (χ3n) is 2.59. The first-order chi connectivity index (χ1) is 9.60. The van der Waals surface area contributed by atoms with E-state index in [1.54, 1.807) is 6.92 Å². The highest BCUT2D eigenvalue weighted by molar-refractivity contribution is 5.47. The molecule has 2 aromatic rings. The summed E-state index contributed by atoms with van der Waals surface area (Å²) in [6.45, 7) is 6.07. The third-order valence-corrected chi connectivity index (χ3v) is 2.59. The summed E-state index contributed by atoms with van der Waals surface area (Å²) in [5.74, 6) is -0.771. The Kier molecular flexibility index (Phi) is 4.34. The van der Waals surface area contributed by atoms with E-state index in [0.717, 1.165) is 17.3 Å². The van der Waals surface area contributed by atoms with Crippen molar-refractivity contribution >= 4 is 11.5 Å². The summed E-state index contributed by atoms with van der Waals surface area (Å²) < 4.78 is 18.7. The van der Waals surface area contributed by atoms with E-state index in [1.165, 1.54) is 0 Å². The second kappa shape index (κ2) is 6.18. The predicted molar refractivity (Wildman–Crippen MR) is 73.3 cm³/mol. The smallest absolute Gasteiger partial charge is 0.318 e. The lowest BCUT2D eigenvalue weighted by molar-refractivity contribution is 0.311. The number of aromatic nitrogens is 2. The molecule has 5 nitrogen and oxygen atoms in total. The predicted octanol–water partition coefficient (Wildman–Crippen LogP) is 4.05. The Hall–Kier alpha value is -2.37. The van der Waals surface area contributed by atoms with Gasteiger partial charge in [0.1, 0.15) is 0 Å². The number of rotatable bonds is 4. The van der Waals surface area contributed by atoms with Gasteiger partial charge in [0.25, 0.3) is 0 Å². The summed E-state index contributed by atoms with van der Waals surface area (Å²) in [7, 11) is 0. The molecule has 0 aliphatic rings. The lowest BCUT2D eigenvalue weighted by atomic mass is 10.1. The molecule has 104 valence electrons. The van der Waals surface area contributed by atoms with E-state index in [2.05, 4.69) is 20.2 Å². The van der Waals surface area contributed by atoms with Gasteiger partial charge in [0.15, 0.2) is 5.82 Å². The Morgan fingerprint density at radius 1 is 1.25 bits per heavy atom. The van der Waals surface area contributed by atoms with Gasteiger partial charge in [-0.3, -0.25) is 0 Å². The molecular weight excluding hydrogens is 259 g/mol. The molecule has 2 rings (SSSR count). The van der Waals surface area contributed by atoms with E-state index in [9.17, 15) is 4.39 Å². The molecule has 0 aliphatic carbocycles. The molecule has 0 bridgehead atoms. The van der Waals surface area contributed by atoms with E-state index >= 15 is 0 Å². The van der Waals surface area contributed by atoms with Gasteiger partial charge in [-0.15, -0.1) is 10.2 Å². The highest BCUT2D eigenvalue weighted by Gasteiger charge is 2.07. The number of halogens is 1. The second-order valence-electron chi connectivity index (χ2n) is 4.25. The van der Waals surface area contributed by atoms with Crippen molar-refractivity contribution in [2.45, 2.75) is 20.8 Å². The fourth-order valence-electron chi connectivity index (χ4n) is 1.54. The van der Waals surface area contributed by atoms with E-state index < -0.39 is 5.82 Å². The van der Waals surface area contributed by atoms with Crippen molar-refractivity contribution in [2.75, 3.05) is 6.61 Å². The first kappa shape index (κ1) is 14.0. The van der Waals surface area contributed by atoms with Crippen LogP contribution in [0.2, 0.25) is 0 Å². The molecule has 0 saturated heterocycles. The third kappa shape index (κ3) is 3.34. The van der Waals surface area contributed by atoms with Crippen LogP contribution >= 0.6 is 0 Å². The van der Waals surface area contributed by atoms with E-state index in [1.807, 2.05) is 32.0 Å². The molecule has 0 spiro atoms. The Morgan fingerprint density at radius 3 is 2.80 bits per heavy atom. The minimum atomic E-state index is -0.637. The minimum Gasteiger partial charge on any atom is -0.464 e. The molecule has 1 aromatic heterocycles. The zero-order chi connectivity index (χ0) is 14.5. The van der Waals surface area contributed by atoms with Crippen LogP contribution in [-0.2, 0) is 0 Å². The second-order valence-corrected chi connectivity index (χ2v) is 4.25. The maximum absolute atomic E-state index is 13.6. The molecule has 0 fully saturated rings. The average molecular weight is 274 g/mol. The van der Waals surface area contributed by atoms with Crippen LogP contribution in [-0.4, -0.2) is 16.6 Å². The molecule has 0 unspecified atom stereocenters. The number of nitrogens with zero attached hydrogens (tertiary/aromatic N) is 4. The topological polar surface area (TPSA) is 59.7 Å². The van der Waals surface area contributed by atoms with Crippen LogP contribution in [0.25, 0.3) is 0 Å². The van der Waals surface area contributed by atoms with Crippen molar-refractivity contribution in [1.29, 1.82) is 0 Å². The van der Waals surface area contributed by atoms with Crippen LogP contribution in [0.3, 0.4) is 0 Å². The van der Waals surface area contributed by atoms with Gasteiger partial charge >= 0.3 is 6.01 Å². The van der Waals surface area contributed by atoms with Gasteiger partial charge in [0.2, 0.25) is 5.82 Å². The van der Waals surface area contributed by atoms with Crippen molar-refractivity contribution in [3.63, 3.8) is 0 Å². The fraction of sp³-hybridized carbons (Fsp3) is 0.286. The Labute approximate surface area is 116 Å². The number of aryl methyl sites for hydroxylation is 2. The normalized spacial score (nSPS) is 11.0. The van der Waals surface area contributed by atoms with Crippen LogP contribution in [0, 0.1) is 19.7 Å². The quantitative estimate of drug-likeness (QED) is 0.790. The van der Waals surface area contributed by atoms with Crippen molar-refractivity contribution < 1.29 is 9.13 Å². The molecule has 0 N–H and O–H groups in total. The van der Waals surface area contributed by atoms with Gasteiger partial charge in [-0.1, -0.05) is 12.1 Å². The van der Waals surface area contributed by atoms with E-state index in [0.29, 0.717) is 12.3 Å². The van der Waals surface area contributed by atoms with Gasteiger partial charge in [0, 0.05) is 0 Å². The molecule has 6 heteroatoms. The SMILES string of the molecule is CCOc1ncc(F)c(N=Nc2cc(C)ccc2C)n1. The molecule has 0 atom stereocenters. The van der Waals surface area contributed by atoms with Crippen LogP contribution in [0.15, 0.2) is 34.6 Å². The molecular formula is C14H15FN4O. The zero-order valence-corrected chi connectivity index (χ0v) is 11.6. The number of benzene rings is 1. The number of ether oxygens (including phenoxy) is 1. The summed E-state index contributed by atoms with van der Waals surface area (Å²) >= 11 is 0. The van der Waals surface area contributed by atoms with Crippen molar-refractivity contribution in [3.8, 4) is 6.01 Å². The lowest BCUT2D eigenvalue weighted by Gasteiger charge is -2.02. The zero-order valence-electron chi connectivity index (χ0n) is 11.6. The highest BCUT2D eigenvalue weighted by Crippen LogP contribution is 2.24. The van der Waals surface area contributed by atoms with E-state index in [-0.39, 0.29) is 11.8 Å². The summed E-state index contributed by atoms with van der Waals surface area (Å²) in [5, 5.41) is 7.88. The lowest BCUT2D eigenvalue weighted by Crippen LogP contribution is -1.97. The highest BCUT2D eigenvalue weighted by atomic mass is 19.1. The largest absolute Gasteiger partial charge is 0.464 e. The molecule has 1 aromatic carbocycles. The molecule has 20 heavy (non-hydrogen) atoms. The van der Waals surface area contributed by atoms with Gasteiger partial charge in [0.05, 0.1) is 18.5 Å². The van der Waals surface area contributed by atoms with Gasteiger partial charge < -0.3 is 4.74 Å². The summed E-state index contributed by atoms with van der Waals surface area (Å²) in [5.41, 5.74) is 2.70.